The predicted molar refractivity (Wildman–Crippen MR) is 95.2 cm³/mol. The first-order chi connectivity index (χ1) is 10.6. The van der Waals surface area contributed by atoms with Gasteiger partial charge in [-0.3, -0.25) is 9.10 Å². The van der Waals surface area contributed by atoms with E-state index >= 15 is 0 Å². The summed E-state index contributed by atoms with van der Waals surface area (Å²) in [5.41, 5.74) is 2.61. The van der Waals surface area contributed by atoms with Gasteiger partial charge < -0.3 is 5.32 Å². The quantitative estimate of drug-likeness (QED) is 0.791. The van der Waals surface area contributed by atoms with Crippen molar-refractivity contribution in [3.63, 3.8) is 0 Å². The highest BCUT2D eigenvalue weighted by atomic mass is 32.2. The lowest BCUT2D eigenvalue weighted by Crippen LogP contribution is -2.34. The molecule has 130 valence electrons. The summed E-state index contributed by atoms with van der Waals surface area (Å²) in [4.78, 5) is 11.8. The van der Waals surface area contributed by atoms with Gasteiger partial charge in [0.15, 0.2) is 0 Å². The Bertz CT molecular complexity index is 641. The number of hydrogen-bond donors (Lipinski definition) is 1. The third-order valence-electron chi connectivity index (χ3n) is 3.82. The first-order valence-electron chi connectivity index (χ1n) is 7.99. The highest BCUT2D eigenvalue weighted by molar-refractivity contribution is 7.92. The molecule has 1 aromatic carbocycles. The Labute approximate surface area is 140 Å². The predicted octanol–water partition coefficient (Wildman–Crippen LogP) is 2.76. The Morgan fingerprint density at radius 2 is 1.96 bits per heavy atom. The van der Waals surface area contributed by atoms with Crippen LogP contribution in [0.25, 0.3) is 0 Å². The number of nitrogens with zero attached hydrogens (tertiary/aromatic N) is 1. The molecule has 0 aromatic heterocycles. The number of benzene rings is 1. The summed E-state index contributed by atoms with van der Waals surface area (Å²) in [5.74, 6) is -0.0336. The minimum Gasteiger partial charge on any atom is -0.354 e. The molecule has 0 unspecified atom stereocenters. The maximum absolute atomic E-state index is 12.1. The molecule has 0 aliphatic heterocycles. The molecular weight excluding hydrogens is 312 g/mol. The smallest absolute Gasteiger partial charge is 0.232 e. The third kappa shape index (κ3) is 6.22. The standard InChI is InChI=1S/C17H28N2O3S/c1-6-15(4)18-17(20)8-7-11-19(23(5,21)22)16-12-13(2)9-10-14(16)3/h9-10,12,15H,6-8,11H2,1-5H3,(H,18,20)/t15-/m0/s1. The molecule has 6 heteroatoms. The van der Waals surface area contributed by atoms with Gasteiger partial charge in [-0.05, 0) is 50.8 Å². The summed E-state index contributed by atoms with van der Waals surface area (Å²) in [6.45, 7) is 8.09. The molecule has 0 spiro atoms. The van der Waals surface area contributed by atoms with Crippen LogP contribution >= 0.6 is 0 Å². The normalized spacial score (nSPS) is 12.7. The van der Waals surface area contributed by atoms with Crippen LogP contribution in [0.15, 0.2) is 18.2 Å². The number of carbonyl (C=O) groups is 1. The average molecular weight is 340 g/mol. The van der Waals surface area contributed by atoms with Crippen molar-refractivity contribution in [3.8, 4) is 0 Å². The van der Waals surface area contributed by atoms with Crippen molar-refractivity contribution in [1.82, 2.24) is 5.32 Å². The average Bonchev–Trinajstić information content (AvgIpc) is 2.45. The van der Waals surface area contributed by atoms with Gasteiger partial charge in [-0.25, -0.2) is 8.42 Å². The fourth-order valence-corrected chi connectivity index (χ4v) is 3.30. The second-order valence-electron chi connectivity index (χ2n) is 6.11. The molecule has 0 aliphatic rings. The summed E-state index contributed by atoms with van der Waals surface area (Å²) in [5, 5.41) is 2.90. The minimum absolute atomic E-state index is 0.0336. The lowest BCUT2D eigenvalue weighted by atomic mass is 10.1. The van der Waals surface area contributed by atoms with Gasteiger partial charge >= 0.3 is 0 Å². The largest absolute Gasteiger partial charge is 0.354 e. The fourth-order valence-electron chi connectivity index (χ4n) is 2.29. The summed E-state index contributed by atoms with van der Waals surface area (Å²) in [6, 6.07) is 5.89. The number of hydrogen-bond acceptors (Lipinski definition) is 3. The molecule has 1 rings (SSSR count). The van der Waals surface area contributed by atoms with E-state index in [0.29, 0.717) is 25.1 Å². The number of nitrogens with one attached hydrogen (secondary N) is 1. The highest BCUT2D eigenvalue weighted by Gasteiger charge is 2.19. The lowest BCUT2D eigenvalue weighted by molar-refractivity contribution is -0.121. The molecule has 0 aliphatic carbocycles. The molecule has 23 heavy (non-hydrogen) atoms. The van der Waals surface area contributed by atoms with Crippen LogP contribution in [0.4, 0.5) is 5.69 Å². The van der Waals surface area contributed by atoms with Gasteiger partial charge in [0.25, 0.3) is 0 Å². The van der Waals surface area contributed by atoms with Crippen LogP contribution in [-0.4, -0.2) is 33.2 Å². The van der Waals surface area contributed by atoms with Crippen molar-refractivity contribution in [2.45, 2.75) is 53.0 Å². The molecule has 0 heterocycles. The molecule has 1 aromatic rings. The van der Waals surface area contributed by atoms with Crippen LogP contribution in [0.5, 0.6) is 0 Å². The molecule has 1 atom stereocenters. The van der Waals surface area contributed by atoms with Gasteiger partial charge in [-0.15, -0.1) is 0 Å². The van der Waals surface area contributed by atoms with Gasteiger partial charge in [0.05, 0.1) is 11.9 Å². The second kappa shape index (κ2) is 8.34. The van der Waals surface area contributed by atoms with Crippen molar-refractivity contribution in [2.75, 3.05) is 17.1 Å². The molecule has 0 bridgehead atoms. The van der Waals surface area contributed by atoms with Gasteiger partial charge in [-0.1, -0.05) is 19.1 Å². The molecule has 5 nitrogen and oxygen atoms in total. The van der Waals surface area contributed by atoms with Crippen molar-refractivity contribution < 1.29 is 13.2 Å². The van der Waals surface area contributed by atoms with E-state index in [1.54, 1.807) is 0 Å². The van der Waals surface area contributed by atoms with E-state index in [1.165, 1.54) is 10.6 Å². The fraction of sp³-hybridized carbons (Fsp3) is 0.588. The van der Waals surface area contributed by atoms with Gasteiger partial charge in [0, 0.05) is 19.0 Å². The minimum atomic E-state index is -3.38. The number of sulfonamides is 1. The zero-order valence-electron chi connectivity index (χ0n) is 14.7. The summed E-state index contributed by atoms with van der Waals surface area (Å²) >= 11 is 0. The maximum atomic E-state index is 12.1. The Hall–Kier alpha value is -1.56. The molecule has 1 amide bonds. The van der Waals surface area contributed by atoms with Gasteiger partial charge in [0.1, 0.15) is 0 Å². The zero-order chi connectivity index (χ0) is 17.6. The Morgan fingerprint density at radius 1 is 1.30 bits per heavy atom. The zero-order valence-corrected chi connectivity index (χ0v) is 15.5. The Kier molecular flexibility index (Phi) is 7.06. The molecule has 0 fully saturated rings. The molecule has 0 saturated carbocycles. The SMILES string of the molecule is CC[C@H](C)NC(=O)CCCN(c1cc(C)ccc1C)S(C)(=O)=O. The molecule has 0 saturated heterocycles. The first-order valence-corrected chi connectivity index (χ1v) is 9.84. The van der Waals surface area contributed by atoms with Crippen molar-refractivity contribution in [3.05, 3.63) is 29.3 Å². The van der Waals surface area contributed by atoms with Crippen LogP contribution in [0, 0.1) is 13.8 Å². The first kappa shape index (κ1) is 19.5. The summed E-state index contributed by atoms with van der Waals surface area (Å²) in [7, 11) is -3.38. The molecular formula is C17H28N2O3S. The van der Waals surface area contributed by atoms with E-state index in [1.807, 2.05) is 45.9 Å². The van der Waals surface area contributed by atoms with Crippen molar-refractivity contribution in [2.24, 2.45) is 0 Å². The summed E-state index contributed by atoms with van der Waals surface area (Å²) < 4.78 is 25.6. The van der Waals surface area contributed by atoms with E-state index in [2.05, 4.69) is 5.32 Å². The number of amides is 1. The van der Waals surface area contributed by atoms with E-state index in [4.69, 9.17) is 0 Å². The third-order valence-corrected chi connectivity index (χ3v) is 5.00. The highest BCUT2D eigenvalue weighted by Crippen LogP contribution is 2.24. The van der Waals surface area contributed by atoms with Crippen LogP contribution in [0.3, 0.4) is 0 Å². The maximum Gasteiger partial charge on any atom is 0.232 e. The van der Waals surface area contributed by atoms with Crippen molar-refractivity contribution >= 4 is 21.6 Å². The molecule has 0 radical (unpaired) electrons. The second-order valence-corrected chi connectivity index (χ2v) is 8.01. The number of carbonyl (C=O) groups excluding carboxylic acids is 1. The topological polar surface area (TPSA) is 66.5 Å². The number of aryl methyl sites for hydroxylation is 2. The van der Waals surface area contributed by atoms with Crippen LogP contribution in [-0.2, 0) is 14.8 Å². The van der Waals surface area contributed by atoms with Gasteiger partial charge in [0.2, 0.25) is 15.9 Å². The number of rotatable bonds is 8. The van der Waals surface area contributed by atoms with Crippen molar-refractivity contribution in [1.29, 1.82) is 0 Å². The summed E-state index contributed by atoms with van der Waals surface area (Å²) in [6.07, 6.45) is 2.89. The van der Waals surface area contributed by atoms with Crippen LogP contribution < -0.4 is 9.62 Å². The number of anilines is 1. The lowest BCUT2D eigenvalue weighted by Gasteiger charge is -2.24. The van der Waals surface area contributed by atoms with Crippen LogP contribution in [0.1, 0.15) is 44.2 Å². The van der Waals surface area contributed by atoms with E-state index in [-0.39, 0.29) is 11.9 Å². The van der Waals surface area contributed by atoms with Gasteiger partial charge in [-0.2, -0.15) is 0 Å². The van der Waals surface area contributed by atoms with E-state index in [9.17, 15) is 13.2 Å². The van der Waals surface area contributed by atoms with Crippen LogP contribution in [0.2, 0.25) is 0 Å². The Balaban J connectivity index is 2.78. The monoisotopic (exact) mass is 340 g/mol. The van der Waals surface area contributed by atoms with E-state index < -0.39 is 10.0 Å². The Morgan fingerprint density at radius 3 is 2.52 bits per heavy atom. The van der Waals surface area contributed by atoms with E-state index in [0.717, 1.165) is 17.5 Å². The molecule has 1 N–H and O–H groups in total.